The van der Waals surface area contributed by atoms with Crippen LogP contribution in [0.1, 0.15) is 16.7 Å². The van der Waals surface area contributed by atoms with E-state index in [9.17, 15) is 39.5 Å². The lowest BCUT2D eigenvalue weighted by Gasteiger charge is -2.18. The fraction of sp³-hybridized carbons (Fsp3) is 0.0714. The Bertz CT molecular complexity index is 2630. The van der Waals surface area contributed by atoms with Crippen molar-refractivity contribution in [3.05, 3.63) is 156 Å². The first-order valence-electron chi connectivity index (χ1n) is 16.6. The molecule has 13 heteroatoms. The minimum absolute atomic E-state index is 0.0438. The highest BCUT2D eigenvalue weighted by Crippen LogP contribution is 2.43. The Morgan fingerprint density at radius 3 is 1.44 bits per heavy atom. The van der Waals surface area contributed by atoms with Gasteiger partial charge in [0.05, 0.1) is 27.7 Å². The molecule has 6 aromatic carbocycles. The maximum absolute atomic E-state index is 14.2. The van der Waals surface area contributed by atoms with Crippen LogP contribution >= 0.6 is 0 Å². The summed E-state index contributed by atoms with van der Waals surface area (Å²) < 4.78 is 128. The Hall–Kier alpha value is -6.50. The molecule has 0 aliphatic heterocycles. The van der Waals surface area contributed by atoms with Crippen LogP contribution in [0.2, 0.25) is 0 Å². The van der Waals surface area contributed by atoms with E-state index in [1.54, 1.807) is 95.6 Å². The first-order valence-corrected chi connectivity index (χ1v) is 16.6. The Balaban J connectivity index is 1.45. The fourth-order valence-corrected chi connectivity index (χ4v) is 6.57. The zero-order valence-electron chi connectivity index (χ0n) is 28.0. The molecule has 0 N–H and O–H groups in total. The number of alkyl halides is 9. The largest absolute Gasteiger partial charge is 0.416 e. The van der Waals surface area contributed by atoms with Crippen LogP contribution in [-0.2, 0) is 18.5 Å². The van der Waals surface area contributed by atoms with Gasteiger partial charge in [-0.2, -0.15) is 39.5 Å². The third-order valence-corrected chi connectivity index (χ3v) is 9.10. The second-order valence-electron chi connectivity index (χ2n) is 12.6. The van der Waals surface area contributed by atoms with Gasteiger partial charge in [-0.1, -0.05) is 78.9 Å². The Labute approximate surface area is 306 Å². The molecule has 0 saturated heterocycles. The van der Waals surface area contributed by atoms with Gasteiger partial charge >= 0.3 is 18.5 Å². The van der Waals surface area contributed by atoms with Crippen LogP contribution in [0, 0.1) is 0 Å². The lowest BCUT2D eigenvalue weighted by Crippen LogP contribution is -2.11. The quantitative estimate of drug-likeness (QED) is 0.164. The molecule has 2 heterocycles. The second kappa shape index (κ2) is 13.1. The summed E-state index contributed by atoms with van der Waals surface area (Å²) in [4.78, 5) is 14.0. The molecule has 0 radical (unpaired) electrons. The molecule has 0 spiro atoms. The molecule has 55 heavy (non-hydrogen) atoms. The average molecular weight is 755 g/mol. The summed E-state index contributed by atoms with van der Waals surface area (Å²) in [6, 6.07) is 33.1. The molecular formula is C42H23F9N4. The van der Waals surface area contributed by atoms with E-state index in [1.165, 1.54) is 18.2 Å². The summed E-state index contributed by atoms with van der Waals surface area (Å²) in [5, 5.41) is 0.692. The summed E-state index contributed by atoms with van der Waals surface area (Å²) >= 11 is 0. The van der Waals surface area contributed by atoms with Crippen molar-refractivity contribution >= 4 is 21.8 Å². The lowest BCUT2D eigenvalue weighted by molar-refractivity contribution is -0.143. The molecule has 0 aliphatic carbocycles. The summed E-state index contributed by atoms with van der Waals surface area (Å²) in [5.74, 6) is 0.349. The normalized spacial score (nSPS) is 12.5. The minimum Gasteiger partial charge on any atom is -0.309 e. The van der Waals surface area contributed by atoms with Crippen molar-refractivity contribution in [2.24, 2.45) is 0 Å². The van der Waals surface area contributed by atoms with Gasteiger partial charge in [-0.15, -0.1) is 0 Å². The average Bonchev–Trinajstić information content (AvgIpc) is 3.51. The predicted octanol–water partition coefficient (Wildman–Crippen LogP) is 12.7. The van der Waals surface area contributed by atoms with Crippen LogP contribution in [0.5, 0.6) is 0 Å². The van der Waals surface area contributed by atoms with Crippen molar-refractivity contribution in [1.29, 1.82) is 0 Å². The van der Waals surface area contributed by atoms with Gasteiger partial charge in [0.2, 0.25) is 0 Å². The third-order valence-electron chi connectivity index (χ3n) is 9.10. The van der Waals surface area contributed by atoms with Gasteiger partial charge in [-0.05, 0) is 71.8 Å². The van der Waals surface area contributed by atoms with Gasteiger partial charge in [0.1, 0.15) is 0 Å². The number of aromatic nitrogens is 4. The van der Waals surface area contributed by atoms with Crippen molar-refractivity contribution in [3.8, 4) is 51.0 Å². The Morgan fingerprint density at radius 2 is 0.873 bits per heavy atom. The van der Waals surface area contributed by atoms with Crippen LogP contribution in [0.3, 0.4) is 0 Å². The van der Waals surface area contributed by atoms with E-state index in [-0.39, 0.29) is 45.7 Å². The molecule has 0 fully saturated rings. The van der Waals surface area contributed by atoms with Crippen molar-refractivity contribution < 1.29 is 39.5 Å². The van der Waals surface area contributed by atoms with Crippen LogP contribution < -0.4 is 0 Å². The first kappa shape index (κ1) is 35.5. The number of para-hydroxylation sites is 1. The zero-order valence-corrected chi connectivity index (χ0v) is 28.0. The van der Waals surface area contributed by atoms with Crippen LogP contribution in [0.4, 0.5) is 39.5 Å². The predicted molar refractivity (Wildman–Crippen MR) is 191 cm³/mol. The van der Waals surface area contributed by atoms with E-state index >= 15 is 0 Å². The highest BCUT2D eigenvalue weighted by molar-refractivity contribution is 6.09. The first-order chi connectivity index (χ1) is 26.1. The monoisotopic (exact) mass is 754 g/mol. The van der Waals surface area contributed by atoms with Gasteiger partial charge in [-0.3, -0.25) is 0 Å². The maximum atomic E-state index is 14.2. The van der Waals surface area contributed by atoms with Gasteiger partial charge in [0.25, 0.3) is 0 Å². The standard InChI is InChI=1S/C42H23F9N4/c43-40(44,45)27-15-18-36-34(22-27)31-13-7-8-14-35(31)55(36)30-16-17-32(33(23-30)26-19-28(41(46,47)48)21-29(20-26)42(49,50)51)39-53-37(24-9-3-1-4-10-24)52-38(54-39)25-11-5-2-6-12-25/h1-23H. The van der Waals surface area contributed by atoms with E-state index in [2.05, 4.69) is 15.0 Å². The van der Waals surface area contributed by atoms with Crippen LogP contribution in [0.15, 0.2) is 140 Å². The molecule has 8 aromatic rings. The highest BCUT2D eigenvalue weighted by Gasteiger charge is 2.37. The molecule has 0 unspecified atom stereocenters. The van der Waals surface area contributed by atoms with E-state index in [0.29, 0.717) is 39.7 Å². The lowest BCUT2D eigenvalue weighted by atomic mass is 9.94. The molecular weight excluding hydrogens is 731 g/mol. The molecule has 4 nitrogen and oxygen atoms in total. The Morgan fingerprint density at radius 1 is 0.364 bits per heavy atom. The van der Waals surface area contributed by atoms with E-state index in [4.69, 9.17) is 0 Å². The molecule has 0 saturated carbocycles. The van der Waals surface area contributed by atoms with E-state index in [0.717, 1.165) is 12.1 Å². The van der Waals surface area contributed by atoms with Gasteiger partial charge in [0, 0.05) is 33.2 Å². The maximum Gasteiger partial charge on any atom is 0.416 e. The second-order valence-corrected chi connectivity index (χ2v) is 12.6. The zero-order chi connectivity index (χ0) is 38.7. The number of nitrogens with zero attached hydrogens (tertiary/aromatic N) is 4. The number of benzene rings is 6. The molecule has 2 aromatic heterocycles. The summed E-state index contributed by atoms with van der Waals surface area (Å²) in [5.41, 5.74) is -2.25. The summed E-state index contributed by atoms with van der Waals surface area (Å²) in [7, 11) is 0. The van der Waals surface area contributed by atoms with Gasteiger partial charge in [-0.25, -0.2) is 15.0 Å². The Kier molecular flexibility index (Phi) is 8.47. The number of halogens is 9. The fourth-order valence-electron chi connectivity index (χ4n) is 6.57. The van der Waals surface area contributed by atoms with Crippen molar-refractivity contribution in [1.82, 2.24) is 19.5 Å². The highest BCUT2D eigenvalue weighted by atomic mass is 19.4. The number of fused-ring (bicyclic) bond motifs is 3. The summed E-state index contributed by atoms with van der Waals surface area (Å²) in [6.07, 6.45) is -14.9. The number of hydrogen-bond donors (Lipinski definition) is 0. The van der Waals surface area contributed by atoms with Gasteiger partial charge < -0.3 is 4.57 Å². The van der Waals surface area contributed by atoms with Gasteiger partial charge in [0.15, 0.2) is 17.5 Å². The van der Waals surface area contributed by atoms with Crippen molar-refractivity contribution in [3.63, 3.8) is 0 Å². The van der Waals surface area contributed by atoms with Crippen LogP contribution in [0.25, 0.3) is 72.8 Å². The van der Waals surface area contributed by atoms with Crippen molar-refractivity contribution in [2.45, 2.75) is 18.5 Å². The van der Waals surface area contributed by atoms with Crippen molar-refractivity contribution in [2.75, 3.05) is 0 Å². The molecule has 0 atom stereocenters. The molecule has 274 valence electrons. The molecule has 0 amide bonds. The van der Waals surface area contributed by atoms with Crippen LogP contribution in [-0.4, -0.2) is 19.5 Å². The molecule has 0 bridgehead atoms. The van der Waals surface area contributed by atoms with E-state index in [1.807, 2.05) is 0 Å². The molecule has 0 aliphatic rings. The number of hydrogen-bond acceptors (Lipinski definition) is 3. The topological polar surface area (TPSA) is 43.6 Å². The minimum atomic E-state index is -5.15. The van der Waals surface area contributed by atoms with E-state index < -0.39 is 40.8 Å². The SMILES string of the molecule is FC(F)(F)c1cc(-c2cc(-n3c4ccccc4c4cc(C(F)(F)F)ccc43)ccc2-c2nc(-c3ccccc3)nc(-c3ccccc3)n2)cc(C(F)(F)F)c1. The number of rotatable bonds is 5. The molecule has 8 rings (SSSR count). The smallest absolute Gasteiger partial charge is 0.309 e. The summed E-state index contributed by atoms with van der Waals surface area (Å²) in [6.45, 7) is 0. The third kappa shape index (κ3) is 6.77.